The third kappa shape index (κ3) is 4.14. The van der Waals surface area contributed by atoms with E-state index >= 15 is 0 Å². The van der Waals surface area contributed by atoms with Crippen LogP contribution >= 0.6 is 12.2 Å². The second kappa shape index (κ2) is 8.79. The molecule has 0 spiro atoms. The summed E-state index contributed by atoms with van der Waals surface area (Å²) >= 11 is 5.32. The molecular formula is C27H27N3O2S. The number of carbonyl (C=O) groups excluding carboxylic acids is 2. The summed E-state index contributed by atoms with van der Waals surface area (Å²) in [6.45, 7) is 10.2. The third-order valence-corrected chi connectivity index (χ3v) is 6.36. The van der Waals surface area contributed by atoms with Gasteiger partial charge in [-0.25, -0.2) is 0 Å². The van der Waals surface area contributed by atoms with Crippen LogP contribution in [0.15, 0.2) is 54.1 Å². The Morgan fingerprint density at radius 2 is 1.67 bits per heavy atom. The predicted octanol–water partition coefficient (Wildman–Crippen LogP) is 5.10. The van der Waals surface area contributed by atoms with Gasteiger partial charge in [0.25, 0.3) is 11.8 Å². The fraction of sp³-hybridized carbons (Fsp3) is 0.222. The molecule has 2 amide bonds. The normalized spacial score (nSPS) is 15.4. The van der Waals surface area contributed by atoms with E-state index in [1.165, 1.54) is 10.5 Å². The molecule has 1 fully saturated rings. The van der Waals surface area contributed by atoms with Crippen molar-refractivity contribution in [3.05, 3.63) is 87.7 Å². The molecule has 1 aromatic heterocycles. The molecule has 0 radical (unpaired) electrons. The zero-order chi connectivity index (χ0) is 23.9. The smallest absolute Gasteiger partial charge is 0.270 e. The number of hydrogen-bond donors (Lipinski definition) is 1. The summed E-state index contributed by atoms with van der Waals surface area (Å²) in [6, 6.07) is 16.0. The summed E-state index contributed by atoms with van der Waals surface area (Å²) < 4.78 is 2.16. The van der Waals surface area contributed by atoms with Gasteiger partial charge in [-0.2, -0.15) is 0 Å². The van der Waals surface area contributed by atoms with Crippen molar-refractivity contribution in [3.8, 4) is 5.69 Å². The number of anilines is 1. The van der Waals surface area contributed by atoms with Crippen LogP contribution in [0.2, 0.25) is 0 Å². The van der Waals surface area contributed by atoms with E-state index in [-0.39, 0.29) is 10.7 Å². The predicted molar refractivity (Wildman–Crippen MR) is 137 cm³/mol. The molecule has 33 heavy (non-hydrogen) atoms. The lowest BCUT2D eigenvalue weighted by Crippen LogP contribution is -2.54. The Morgan fingerprint density at radius 1 is 0.970 bits per heavy atom. The van der Waals surface area contributed by atoms with Gasteiger partial charge in [0.1, 0.15) is 5.57 Å². The lowest BCUT2D eigenvalue weighted by Gasteiger charge is -2.29. The van der Waals surface area contributed by atoms with Crippen LogP contribution in [-0.4, -0.2) is 21.5 Å². The molecule has 4 rings (SSSR count). The Kier molecular flexibility index (Phi) is 6.04. The minimum Gasteiger partial charge on any atom is -0.318 e. The van der Waals surface area contributed by atoms with Crippen LogP contribution < -0.4 is 10.2 Å². The topological polar surface area (TPSA) is 54.3 Å². The number of amides is 2. The maximum atomic E-state index is 13.4. The maximum Gasteiger partial charge on any atom is 0.270 e. The van der Waals surface area contributed by atoms with Crippen LogP contribution in [0.4, 0.5) is 5.69 Å². The molecule has 2 aromatic carbocycles. The Bertz CT molecular complexity index is 1320. The summed E-state index contributed by atoms with van der Waals surface area (Å²) in [7, 11) is 0. The molecule has 0 bridgehead atoms. The molecular weight excluding hydrogens is 430 g/mol. The first-order valence-electron chi connectivity index (χ1n) is 11.0. The molecule has 3 aromatic rings. The van der Waals surface area contributed by atoms with Gasteiger partial charge in [-0.1, -0.05) is 31.2 Å². The summed E-state index contributed by atoms with van der Waals surface area (Å²) in [5.74, 6) is -0.910. The van der Waals surface area contributed by atoms with Crippen molar-refractivity contribution < 1.29 is 9.59 Å². The van der Waals surface area contributed by atoms with Crippen LogP contribution in [0, 0.1) is 27.7 Å². The third-order valence-electron chi connectivity index (χ3n) is 6.08. The Labute approximate surface area is 199 Å². The molecule has 2 heterocycles. The van der Waals surface area contributed by atoms with Crippen molar-refractivity contribution in [2.75, 3.05) is 4.90 Å². The number of nitrogens with zero attached hydrogens (tertiary/aromatic N) is 2. The molecule has 1 aliphatic rings. The fourth-order valence-electron chi connectivity index (χ4n) is 4.19. The molecule has 1 saturated heterocycles. The van der Waals surface area contributed by atoms with E-state index < -0.39 is 11.8 Å². The van der Waals surface area contributed by atoms with Gasteiger partial charge in [0.15, 0.2) is 5.11 Å². The minimum absolute atomic E-state index is 0.0596. The van der Waals surface area contributed by atoms with Gasteiger partial charge in [0, 0.05) is 17.1 Å². The van der Waals surface area contributed by atoms with E-state index in [2.05, 4.69) is 48.9 Å². The first kappa shape index (κ1) is 22.7. The van der Waals surface area contributed by atoms with E-state index in [0.717, 1.165) is 40.2 Å². The molecule has 0 saturated carbocycles. The number of carbonyl (C=O) groups is 2. The van der Waals surface area contributed by atoms with Crippen LogP contribution in [0.3, 0.4) is 0 Å². The highest BCUT2D eigenvalue weighted by atomic mass is 32.1. The van der Waals surface area contributed by atoms with E-state index in [1.54, 1.807) is 6.08 Å². The Morgan fingerprint density at radius 3 is 2.33 bits per heavy atom. The van der Waals surface area contributed by atoms with Gasteiger partial charge in [-0.05, 0) is 98.9 Å². The average Bonchev–Trinajstić information content (AvgIpc) is 3.06. The van der Waals surface area contributed by atoms with Crippen molar-refractivity contribution in [3.63, 3.8) is 0 Å². The number of rotatable bonds is 4. The lowest BCUT2D eigenvalue weighted by molar-refractivity contribution is -0.122. The highest BCUT2D eigenvalue weighted by Gasteiger charge is 2.34. The number of aryl methyl sites for hydroxylation is 4. The van der Waals surface area contributed by atoms with Crippen molar-refractivity contribution in [2.24, 2.45) is 0 Å². The highest BCUT2D eigenvalue weighted by Crippen LogP contribution is 2.28. The zero-order valence-electron chi connectivity index (χ0n) is 19.5. The zero-order valence-corrected chi connectivity index (χ0v) is 20.3. The van der Waals surface area contributed by atoms with E-state index in [1.807, 2.05) is 44.2 Å². The van der Waals surface area contributed by atoms with Gasteiger partial charge < -0.3 is 4.57 Å². The minimum atomic E-state index is -0.483. The molecule has 0 atom stereocenters. The molecule has 1 N–H and O–H groups in total. The van der Waals surface area contributed by atoms with Gasteiger partial charge in [-0.15, -0.1) is 0 Å². The Balaban J connectivity index is 1.76. The van der Waals surface area contributed by atoms with Crippen LogP contribution in [0.1, 0.15) is 40.6 Å². The number of nitrogens with one attached hydrogen (secondary N) is 1. The molecule has 5 nitrogen and oxygen atoms in total. The number of hydrogen-bond acceptors (Lipinski definition) is 3. The molecule has 168 valence electrons. The van der Waals surface area contributed by atoms with E-state index in [9.17, 15) is 9.59 Å². The molecule has 1 aliphatic heterocycles. The first-order chi connectivity index (χ1) is 15.7. The average molecular weight is 458 g/mol. The Hall–Kier alpha value is -3.51. The lowest BCUT2D eigenvalue weighted by atomic mass is 10.1. The quantitative estimate of drug-likeness (QED) is 0.337. The number of benzene rings is 2. The standard InChI is InChI=1S/C27H27N3O2S/c1-6-20-9-11-22(12-10-20)30-26(32)23(25(31)28-27(30)33)15-21-14-18(4)29(19(21)5)24-13-16(2)7-8-17(24)3/h7-15H,6H2,1-5H3,(H,28,31,33). The van der Waals surface area contributed by atoms with Gasteiger partial charge in [-0.3, -0.25) is 19.8 Å². The van der Waals surface area contributed by atoms with E-state index in [4.69, 9.17) is 12.2 Å². The summed E-state index contributed by atoms with van der Waals surface area (Å²) in [5, 5.41) is 2.76. The molecule has 6 heteroatoms. The van der Waals surface area contributed by atoms with Crippen LogP contribution in [-0.2, 0) is 16.0 Å². The van der Waals surface area contributed by atoms with Gasteiger partial charge >= 0.3 is 0 Å². The largest absolute Gasteiger partial charge is 0.318 e. The van der Waals surface area contributed by atoms with Crippen LogP contribution in [0.5, 0.6) is 0 Å². The number of thiocarbonyl (C=S) groups is 1. The second-order valence-electron chi connectivity index (χ2n) is 8.43. The highest BCUT2D eigenvalue weighted by molar-refractivity contribution is 7.80. The van der Waals surface area contributed by atoms with Crippen LogP contribution in [0.25, 0.3) is 11.8 Å². The van der Waals surface area contributed by atoms with Crippen molar-refractivity contribution >= 4 is 40.9 Å². The fourth-order valence-corrected chi connectivity index (χ4v) is 4.47. The summed E-state index contributed by atoms with van der Waals surface area (Å²) in [6.07, 6.45) is 2.56. The monoisotopic (exact) mass is 457 g/mol. The summed E-state index contributed by atoms with van der Waals surface area (Å²) in [4.78, 5) is 27.5. The first-order valence-corrected chi connectivity index (χ1v) is 11.4. The summed E-state index contributed by atoms with van der Waals surface area (Å²) in [5.41, 5.74) is 8.07. The maximum absolute atomic E-state index is 13.4. The molecule has 0 aliphatic carbocycles. The van der Waals surface area contributed by atoms with E-state index in [0.29, 0.717) is 5.69 Å². The van der Waals surface area contributed by atoms with Gasteiger partial charge in [0.2, 0.25) is 0 Å². The molecule has 0 unspecified atom stereocenters. The van der Waals surface area contributed by atoms with Crippen molar-refractivity contribution in [1.82, 2.24) is 9.88 Å². The van der Waals surface area contributed by atoms with Crippen molar-refractivity contribution in [1.29, 1.82) is 0 Å². The van der Waals surface area contributed by atoms with Crippen molar-refractivity contribution in [2.45, 2.75) is 41.0 Å². The SMILES string of the molecule is CCc1ccc(N2C(=O)C(=Cc3cc(C)n(-c4cc(C)ccc4C)c3C)C(=O)NC2=S)cc1. The number of aromatic nitrogens is 1. The van der Waals surface area contributed by atoms with Gasteiger partial charge in [0.05, 0.1) is 5.69 Å². The second-order valence-corrected chi connectivity index (χ2v) is 8.82.